The largest absolute Gasteiger partial charge is 0.480 e. The van der Waals surface area contributed by atoms with Crippen LogP contribution in [0.25, 0.3) is 0 Å². The first kappa shape index (κ1) is 78.8. The van der Waals surface area contributed by atoms with Crippen molar-refractivity contribution in [1.29, 1.82) is 0 Å². The highest BCUT2D eigenvalue weighted by molar-refractivity contribution is 5.82. The van der Waals surface area contributed by atoms with E-state index in [4.69, 9.17) is 68.1 Å². The molecule has 0 fully saturated rings. The Kier molecular flexibility index (Phi) is 52.2. The Morgan fingerprint density at radius 1 is 0.468 bits per heavy atom. The van der Waals surface area contributed by atoms with E-state index in [1.165, 1.54) is 4.90 Å². The highest BCUT2D eigenvalue weighted by Gasteiger charge is 2.44. The van der Waals surface area contributed by atoms with Gasteiger partial charge in [0, 0.05) is 52.4 Å². The van der Waals surface area contributed by atoms with Gasteiger partial charge in [-0.2, -0.15) is 28.8 Å². The van der Waals surface area contributed by atoms with Crippen LogP contribution in [0.2, 0.25) is 0 Å². The normalized spacial score (nSPS) is 11.4. The molecule has 0 saturated carbocycles. The lowest BCUT2D eigenvalue weighted by Crippen LogP contribution is -2.58. The molecule has 30 nitrogen and oxygen atoms in total. The second-order valence-electron chi connectivity index (χ2n) is 15.5. The maximum Gasteiger partial charge on any atom is 0.373 e. The third kappa shape index (κ3) is 42.8. The van der Waals surface area contributed by atoms with E-state index in [1.54, 1.807) is 45.6 Å². The summed E-state index contributed by atoms with van der Waals surface area (Å²) < 4.78 is 20.8. The Labute approximate surface area is 446 Å². The minimum atomic E-state index is -1.24. The van der Waals surface area contributed by atoms with Crippen LogP contribution in [0.1, 0.15) is 74.1 Å². The van der Waals surface area contributed by atoms with Gasteiger partial charge in [-0.1, -0.05) is 26.8 Å². The second-order valence-corrected chi connectivity index (χ2v) is 15.5. The highest BCUT2D eigenvalue weighted by atomic mass is 16.5. The molecule has 0 radical (unpaired) electrons. The summed E-state index contributed by atoms with van der Waals surface area (Å²) in [6.45, 7) is 17.6. The minimum Gasteiger partial charge on any atom is -0.480 e. The van der Waals surface area contributed by atoms with Gasteiger partial charge in [0.15, 0.2) is 0 Å². The first-order chi connectivity index (χ1) is 36.4. The average molecular weight is 1110 g/mol. The summed E-state index contributed by atoms with van der Waals surface area (Å²) in [6, 6.07) is -0.983. The lowest BCUT2D eigenvalue weighted by Gasteiger charge is -2.41. The first-order valence-electron chi connectivity index (χ1n) is 24.1. The van der Waals surface area contributed by atoms with Gasteiger partial charge in [0.25, 0.3) is 0 Å². The van der Waals surface area contributed by atoms with Gasteiger partial charge in [-0.15, -0.1) is 6.58 Å². The van der Waals surface area contributed by atoms with E-state index in [9.17, 15) is 48.3 Å². The summed E-state index contributed by atoms with van der Waals surface area (Å²) in [5, 5.41) is 45.0. The summed E-state index contributed by atoms with van der Waals surface area (Å²) >= 11 is 0. The van der Waals surface area contributed by atoms with Crippen molar-refractivity contribution in [2.75, 3.05) is 131 Å². The molecule has 0 aliphatic heterocycles. The van der Waals surface area contributed by atoms with E-state index in [0.29, 0.717) is 39.0 Å². The van der Waals surface area contributed by atoms with Gasteiger partial charge in [-0.3, -0.25) is 67.7 Å². The fourth-order valence-corrected chi connectivity index (χ4v) is 7.10. The number of rotatable bonds is 40. The van der Waals surface area contributed by atoms with Crippen molar-refractivity contribution in [3.05, 3.63) is 12.7 Å². The van der Waals surface area contributed by atoms with Crippen LogP contribution in [0.5, 0.6) is 0 Å². The predicted octanol–water partition coefficient (Wildman–Crippen LogP) is -1.38. The number of carboxylic acids is 5. The molecule has 2 atom stereocenters. The van der Waals surface area contributed by atoms with E-state index in [-0.39, 0.29) is 97.1 Å². The molecular formula is C47H78N6O24. The molecule has 0 aromatic rings. The Balaban J connectivity index is -0.000000399. The zero-order valence-corrected chi connectivity index (χ0v) is 45.0. The van der Waals surface area contributed by atoms with Crippen molar-refractivity contribution >= 4 is 72.2 Å². The van der Waals surface area contributed by atoms with Crippen molar-refractivity contribution in [3.63, 3.8) is 0 Å². The van der Waals surface area contributed by atoms with Gasteiger partial charge >= 0.3 is 72.2 Å². The molecule has 0 aliphatic rings. The van der Waals surface area contributed by atoms with Crippen molar-refractivity contribution in [2.24, 2.45) is 0 Å². The van der Waals surface area contributed by atoms with Gasteiger partial charge in [0.1, 0.15) is 11.6 Å². The van der Waals surface area contributed by atoms with Gasteiger partial charge in [0.05, 0.1) is 72.2 Å². The molecule has 440 valence electrons. The molecule has 0 saturated heterocycles. The van der Waals surface area contributed by atoms with Gasteiger partial charge in [-0.05, 0) is 59.9 Å². The summed E-state index contributed by atoms with van der Waals surface area (Å²) in [6.07, 6.45) is 4.23. The molecule has 0 amide bonds. The Bertz CT molecular complexity index is 1730. The third-order valence-corrected chi connectivity index (χ3v) is 10.2. The summed E-state index contributed by atoms with van der Waals surface area (Å²) in [7, 11) is 0. The number of esters is 4. The predicted molar refractivity (Wildman–Crippen MR) is 261 cm³/mol. The molecule has 30 heteroatoms. The zero-order valence-electron chi connectivity index (χ0n) is 45.0. The number of carbonyl (C=O) groups excluding carboxylic acids is 10. The zero-order chi connectivity index (χ0) is 60.4. The van der Waals surface area contributed by atoms with Crippen molar-refractivity contribution in [1.82, 2.24) is 29.4 Å². The average Bonchev–Trinajstić information content (AvgIpc) is 3.32. The molecular weight excluding hydrogens is 1030 g/mol. The molecule has 0 aliphatic carbocycles. The number of nitrogens with zero attached hydrogens (tertiary/aromatic N) is 6. The van der Waals surface area contributed by atoms with Crippen LogP contribution in [0, 0.1) is 0 Å². The van der Waals surface area contributed by atoms with E-state index in [2.05, 4.69) is 18.4 Å². The monoisotopic (exact) mass is 1110 g/mol. The molecule has 0 aromatic carbocycles. The van der Waals surface area contributed by atoms with Crippen LogP contribution in [0.15, 0.2) is 12.7 Å². The van der Waals surface area contributed by atoms with E-state index in [1.807, 2.05) is 11.8 Å². The van der Waals surface area contributed by atoms with Gasteiger partial charge in [0.2, 0.25) is 0 Å². The summed E-state index contributed by atoms with van der Waals surface area (Å²) in [5.41, 5.74) is -1.05. The summed E-state index contributed by atoms with van der Waals surface area (Å²) in [5.74, 6) is -7.73. The number of hydrogen-bond acceptors (Lipinski definition) is 25. The standard InChI is InChI=1S/C28H51N3O8.C16H27N3O10.3CO2/c1-8-15-28(10-3,27(35)39-14-7)31(23-26(34)38-13-6)20-19-29(16-9-2)17-18-30(21-24(32)36-11-4)22-25(33)37-12-5;1-2-11(16(28)29)19(5-3-17(7-12(20)21)8-13(22)23)6-4-18(9-14(24)25)10-15(26)27;3*2-1-3/h8H,1,9-23H2,2-7H3;11H,2-10H2,1H3,(H,20,21)(H,22,23)(H,24,25)(H,26,27)(H,28,29);;;. The molecule has 2 unspecified atom stereocenters. The molecule has 0 heterocycles. The highest BCUT2D eigenvalue weighted by Crippen LogP contribution is 2.27. The molecule has 0 bridgehead atoms. The van der Waals surface area contributed by atoms with Gasteiger partial charge in [-0.25, -0.2) is 0 Å². The Hall–Kier alpha value is -7.13. The number of hydrogen-bond donors (Lipinski definition) is 5. The number of carbonyl (C=O) groups is 9. The van der Waals surface area contributed by atoms with Crippen molar-refractivity contribution < 1.29 is 116 Å². The van der Waals surface area contributed by atoms with E-state index in [0.717, 1.165) is 22.8 Å². The second kappa shape index (κ2) is 51.0. The Morgan fingerprint density at radius 3 is 1.09 bits per heavy atom. The fourth-order valence-electron chi connectivity index (χ4n) is 7.10. The van der Waals surface area contributed by atoms with Crippen molar-refractivity contribution in [3.8, 4) is 0 Å². The Morgan fingerprint density at radius 2 is 0.792 bits per heavy atom. The minimum absolute atomic E-state index is 0.000645. The van der Waals surface area contributed by atoms with Crippen LogP contribution in [0.4, 0.5) is 0 Å². The van der Waals surface area contributed by atoms with Gasteiger partial charge < -0.3 is 49.4 Å². The quantitative estimate of drug-likeness (QED) is 0.0268. The maximum absolute atomic E-state index is 13.2. The van der Waals surface area contributed by atoms with E-state index >= 15 is 0 Å². The lowest BCUT2D eigenvalue weighted by atomic mass is 9.89. The number of carboxylic acid groups (broad SMARTS) is 5. The molecule has 0 rings (SSSR count). The fraction of sp³-hybridized carbons (Fsp3) is 0.702. The molecule has 5 N–H and O–H groups in total. The molecule has 0 spiro atoms. The molecule has 77 heavy (non-hydrogen) atoms. The SMILES string of the molecule is C=CCC(CC)(C(=O)OCC)N(CCN(CCC)CCN(CC(=O)OCC)CC(=O)OCC)CC(=O)OCC.CCC(C(=O)O)N(CCN(CC(=O)O)CC(=O)O)CCN(CC(=O)O)CC(=O)O.O=C=O.O=C=O.O=C=O. The smallest absolute Gasteiger partial charge is 0.373 e. The molecule has 0 aromatic heterocycles. The number of aliphatic carboxylic acids is 5. The van der Waals surface area contributed by atoms with Crippen LogP contribution in [-0.4, -0.2) is 270 Å². The van der Waals surface area contributed by atoms with E-state index < -0.39 is 91.5 Å². The lowest BCUT2D eigenvalue weighted by molar-refractivity contribution is -0.193. The first-order valence-corrected chi connectivity index (χ1v) is 24.1. The van der Waals surface area contributed by atoms with Crippen LogP contribution in [-0.2, 0) is 90.9 Å². The van der Waals surface area contributed by atoms with Crippen LogP contribution in [0.3, 0.4) is 0 Å². The van der Waals surface area contributed by atoms with Crippen molar-refractivity contribution in [2.45, 2.75) is 85.7 Å². The van der Waals surface area contributed by atoms with Crippen LogP contribution < -0.4 is 0 Å². The van der Waals surface area contributed by atoms with Crippen LogP contribution >= 0.6 is 0 Å². The summed E-state index contributed by atoms with van der Waals surface area (Å²) in [4.78, 5) is 163. The maximum atomic E-state index is 13.2. The topological polar surface area (TPSA) is 414 Å². The number of ether oxygens (including phenoxy) is 4. The third-order valence-electron chi connectivity index (χ3n) is 10.2.